The van der Waals surface area contributed by atoms with E-state index in [1.807, 2.05) is 12.3 Å². The first-order valence-electron chi connectivity index (χ1n) is 12.3. The summed E-state index contributed by atoms with van der Waals surface area (Å²) in [4.78, 5) is 15.1. The predicted octanol–water partition coefficient (Wildman–Crippen LogP) is 4.56. The topological polar surface area (TPSA) is 65.4 Å². The molecule has 0 unspecified atom stereocenters. The third-order valence-corrected chi connectivity index (χ3v) is 8.37. The zero-order valence-electron chi connectivity index (χ0n) is 20.1. The molecule has 1 spiro atoms. The maximum Gasteiger partial charge on any atom is 0.230 e. The number of likely N-dealkylation sites (tertiary alicyclic amines) is 1. The van der Waals surface area contributed by atoms with E-state index in [4.69, 9.17) is 4.74 Å². The molecule has 0 saturated carbocycles. The van der Waals surface area contributed by atoms with Crippen molar-refractivity contribution >= 4 is 17.7 Å². The molecule has 0 radical (unpaired) electrons. The Morgan fingerprint density at radius 3 is 2.82 bits per heavy atom. The summed E-state index contributed by atoms with van der Waals surface area (Å²) >= 11 is 1.56. The van der Waals surface area contributed by atoms with Gasteiger partial charge in [-0.05, 0) is 74.6 Å². The summed E-state index contributed by atoms with van der Waals surface area (Å²) in [5.41, 5.74) is 5.59. The second kappa shape index (κ2) is 9.64. The fourth-order valence-corrected chi connectivity index (χ4v) is 6.35. The number of piperidine rings is 1. The van der Waals surface area contributed by atoms with Gasteiger partial charge in [-0.1, -0.05) is 23.8 Å². The van der Waals surface area contributed by atoms with Crippen molar-refractivity contribution in [2.75, 3.05) is 25.1 Å². The molecule has 2 aliphatic heterocycles. The van der Waals surface area contributed by atoms with E-state index in [-0.39, 0.29) is 17.6 Å². The highest BCUT2D eigenvalue weighted by Gasteiger charge is 2.44. The van der Waals surface area contributed by atoms with Gasteiger partial charge in [0.15, 0.2) is 0 Å². The number of carbonyl (C=O) groups is 1. The lowest BCUT2D eigenvalue weighted by Crippen LogP contribution is -2.54. The molecule has 2 heterocycles. The second-order valence-corrected chi connectivity index (χ2v) is 11.0. The van der Waals surface area contributed by atoms with Crippen molar-refractivity contribution in [3.05, 3.63) is 64.2 Å². The number of amides is 1. The van der Waals surface area contributed by atoms with Gasteiger partial charge >= 0.3 is 0 Å². The van der Waals surface area contributed by atoms with Crippen molar-refractivity contribution in [3.63, 3.8) is 0 Å². The number of ether oxygens (including phenoxy) is 1. The van der Waals surface area contributed by atoms with Crippen molar-refractivity contribution in [2.24, 2.45) is 0 Å². The summed E-state index contributed by atoms with van der Waals surface area (Å²) in [6, 6.07) is 15.3. The van der Waals surface area contributed by atoms with Crippen LogP contribution in [0.15, 0.2) is 36.4 Å². The van der Waals surface area contributed by atoms with Gasteiger partial charge in [0.2, 0.25) is 5.91 Å². The molecule has 1 aliphatic carbocycles. The molecule has 2 aromatic rings. The number of benzene rings is 2. The standard InChI is InChI=1S/C28H33N3O2S/c1-19-3-8-26-24(13-19)25(30-27(32)18-34-2)16-28(33-26)9-11-31(12-10-28)23-7-6-21-14-20(17-29)4-5-22(21)15-23/h3-5,8,13-14,23,25H,6-7,9-12,15-16,18H2,1-2H3,(H,30,32)/t23-,25+/m1/s1. The highest BCUT2D eigenvalue weighted by atomic mass is 32.2. The van der Waals surface area contributed by atoms with Crippen LogP contribution in [-0.4, -0.2) is 47.5 Å². The summed E-state index contributed by atoms with van der Waals surface area (Å²) in [6.07, 6.45) is 8.00. The normalized spacial score (nSPS) is 23.3. The van der Waals surface area contributed by atoms with E-state index in [9.17, 15) is 10.1 Å². The van der Waals surface area contributed by atoms with Crippen LogP contribution in [0.4, 0.5) is 0 Å². The lowest BCUT2D eigenvalue weighted by atomic mass is 9.79. The molecule has 1 amide bonds. The van der Waals surface area contributed by atoms with E-state index in [1.54, 1.807) is 11.8 Å². The first-order valence-corrected chi connectivity index (χ1v) is 13.7. The maximum absolute atomic E-state index is 12.5. The predicted molar refractivity (Wildman–Crippen MR) is 136 cm³/mol. The molecule has 1 saturated heterocycles. The largest absolute Gasteiger partial charge is 0.487 e. The lowest BCUT2D eigenvalue weighted by molar-refractivity contribution is -0.120. The van der Waals surface area contributed by atoms with Crippen LogP contribution < -0.4 is 10.1 Å². The van der Waals surface area contributed by atoms with Crippen LogP contribution in [0.1, 0.15) is 59.5 Å². The summed E-state index contributed by atoms with van der Waals surface area (Å²) < 4.78 is 6.69. The summed E-state index contributed by atoms with van der Waals surface area (Å²) in [6.45, 7) is 4.12. The quantitative estimate of drug-likeness (QED) is 0.702. The smallest absolute Gasteiger partial charge is 0.230 e. The molecule has 178 valence electrons. The Morgan fingerprint density at radius 2 is 2.06 bits per heavy atom. The van der Waals surface area contributed by atoms with Crippen molar-refractivity contribution in [2.45, 2.75) is 63.1 Å². The van der Waals surface area contributed by atoms with Gasteiger partial charge in [-0.2, -0.15) is 17.0 Å². The molecule has 2 aromatic carbocycles. The van der Waals surface area contributed by atoms with Gasteiger partial charge in [0.05, 0.1) is 23.4 Å². The Hall–Kier alpha value is -2.49. The van der Waals surface area contributed by atoms with Gasteiger partial charge in [-0.3, -0.25) is 9.69 Å². The van der Waals surface area contributed by atoms with Gasteiger partial charge in [-0.25, -0.2) is 0 Å². The lowest BCUT2D eigenvalue weighted by Gasteiger charge is -2.49. The molecule has 1 N–H and O–H groups in total. The SMILES string of the molecule is CSCC(=O)N[C@H]1CC2(CCN([C@@H]3CCc4cc(C#N)ccc4C3)CC2)Oc2ccc(C)cc21. The van der Waals surface area contributed by atoms with Crippen molar-refractivity contribution in [1.29, 1.82) is 5.26 Å². The van der Waals surface area contributed by atoms with Gasteiger partial charge in [0, 0.05) is 31.1 Å². The molecule has 5 nitrogen and oxygen atoms in total. The number of fused-ring (bicyclic) bond motifs is 2. The molecule has 0 bridgehead atoms. The van der Waals surface area contributed by atoms with E-state index < -0.39 is 0 Å². The molecule has 34 heavy (non-hydrogen) atoms. The van der Waals surface area contributed by atoms with Gasteiger partial charge in [0.25, 0.3) is 0 Å². The summed E-state index contributed by atoms with van der Waals surface area (Å²) in [5.74, 6) is 1.51. The molecule has 2 atom stereocenters. The van der Waals surface area contributed by atoms with Crippen molar-refractivity contribution < 1.29 is 9.53 Å². The van der Waals surface area contributed by atoms with Crippen LogP contribution in [0.3, 0.4) is 0 Å². The minimum Gasteiger partial charge on any atom is -0.487 e. The fourth-order valence-electron chi connectivity index (χ4n) is 6.01. The minimum atomic E-state index is -0.218. The Morgan fingerprint density at radius 1 is 1.24 bits per heavy atom. The fraction of sp³-hybridized carbons (Fsp3) is 0.500. The molecular weight excluding hydrogens is 442 g/mol. The molecule has 1 fully saturated rings. The van der Waals surface area contributed by atoms with Gasteiger partial charge in [0.1, 0.15) is 11.4 Å². The van der Waals surface area contributed by atoms with Crippen molar-refractivity contribution in [3.8, 4) is 11.8 Å². The first-order chi connectivity index (χ1) is 16.5. The number of nitrogens with one attached hydrogen (secondary N) is 1. The van der Waals surface area contributed by atoms with Crippen LogP contribution in [0.2, 0.25) is 0 Å². The second-order valence-electron chi connectivity index (χ2n) is 10.1. The van der Waals surface area contributed by atoms with Gasteiger partial charge in [-0.15, -0.1) is 0 Å². The highest BCUT2D eigenvalue weighted by molar-refractivity contribution is 7.99. The number of hydrogen-bond acceptors (Lipinski definition) is 5. The van der Waals surface area contributed by atoms with Crippen LogP contribution in [0, 0.1) is 18.3 Å². The molecule has 5 rings (SSSR count). The Balaban J connectivity index is 1.28. The van der Waals surface area contributed by atoms with E-state index in [2.05, 4.69) is 53.5 Å². The molecule has 0 aromatic heterocycles. The summed E-state index contributed by atoms with van der Waals surface area (Å²) in [5, 5.41) is 12.5. The molecule has 3 aliphatic rings. The number of rotatable bonds is 4. The zero-order valence-corrected chi connectivity index (χ0v) is 20.9. The van der Waals surface area contributed by atoms with Crippen molar-refractivity contribution in [1.82, 2.24) is 10.2 Å². The Kier molecular flexibility index (Phi) is 6.59. The van der Waals surface area contributed by atoms with Crippen LogP contribution in [0.5, 0.6) is 5.75 Å². The monoisotopic (exact) mass is 475 g/mol. The van der Waals surface area contributed by atoms with Crippen LogP contribution in [-0.2, 0) is 17.6 Å². The number of hydrogen-bond donors (Lipinski definition) is 1. The molecular formula is C28H33N3O2S. The first kappa shape index (κ1) is 23.3. The van der Waals surface area contributed by atoms with Gasteiger partial charge < -0.3 is 10.1 Å². The van der Waals surface area contributed by atoms with E-state index in [1.165, 1.54) is 16.7 Å². The number of aryl methyl sites for hydroxylation is 2. The average Bonchev–Trinajstić information content (AvgIpc) is 2.84. The van der Waals surface area contributed by atoms with Crippen LogP contribution in [0.25, 0.3) is 0 Å². The maximum atomic E-state index is 12.5. The number of nitriles is 1. The zero-order chi connectivity index (χ0) is 23.7. The van der Waals surface area contributed by atoms with E-state index in [0.29, 0.717) is 11.8 Å². The minimum absolute atomic E-state index is 0.00531. The Labute approximate surface area is 206 Å². The summed E-state index contributed by atoms with van der Waals surface area (Å²) in [7, 11) is 0. The number of nitrogens with zero attached hydrogens (tertiary/aromatic N) is 2. The number of carbonyl (C=O) groups excluding carboxylic acids is 1. The molecule has 6 heteroatoms. The number of thioether (sulfide) groups is 1. The van der Waals surface area contributed by atoms with E-state index >= 15 is 0 Å². The van der Waals surface area contributed by atoms with Crippen LogP contribution >= 0.6 is 11.8 Å². The van der Waals surface area contributed by atoms with E-state index in [0.717, 1.165) is 68.5 Å². The highest BCUT2D eigenvalue weighted by Crippen LogP contribution is 2.45. The third kappa shape index (κ3) is 4.69. The Bertz CT molecular complexity index is 1120. The third-order valence-electron chi connectivity index (χ3n) is 7.82. The average molecular weight is 476 g/mol.